The van der Waals surface area contributed by atoms with Crippen LogP contribution in [0.5, 0.6) is 5.75 Å². The third kappa shape index (κ3) is 3.20. The number of aryl methyl sites for hydroxylation is 1. The van der Waals surface area contributed by atoms with Crippen molar-refractivity contribution >= 4 is 15.9 Å². The van der Waals surface area contributed by atoms with Crippen molar-refractivity contribution in [1.29, 1.82) is 0 Å². The number of hydrogen-bond donors (Lipinski definition) is 1. The van der Waals surface area contributed by atoms with Gasteiger partial charge in [0.15, 0.2) is 0 Å². The highest BCUT2D eigenvalue weighted by Crippen LogP contribution is 2.25. The van der Waals surface area contributed by atoms with Gasteiger partial charge in [0.25, 0.3) is 0 Å². The molecule has 0 saturated carbocycles. The van der Waals surface area contributed by atoms with Gasteiger partial charge in [-0.1, -0.05) is 6.07 Å². The van der Waals surface area contributed by atoms with Crippen LogP contribution in [0, 0.1) is 6.92 Å². The smallest absolute Gasteiger partial charge is 0.133 e. The Morgan fingerprint density at radius 1 is 1.56 bits per heavy atom. The molecule has 0 bridgehead atoms. The van der Waals surface area contributed by atoms with Crippen LogP contribution < -0.4 is 10.1 Å². The fourth-order valence-electron chi connectivity index (χ4n) is 1.63. The van der Waals surface area contributed by atoms with Gasteiger partial charge in [-0.2, -0.15) is 0 Å². The molecule has 0 aromatic heterocycles. The number of benzene rings is 1. The van der Waals surface area contributed by atoms with E-state index in [2.05, 4.69) is 34.2 Å². The van der Waals surface area contributed by atoms with Crippen molar-refractivity contribution in [3.05, 3.63) is 28.2 Å². The van der Waals surface area contributed by atoms with Crippen molar-refractivity contribution in [2.45, 2.75) is 13.0 Å². The third-order valence-electron chi connectivity index (χ3n) is 2.52. The van der Waals surface area contributed by atoms with Gasteiger partial charge in [0, 0.05) is 13.1 Å². The molecule has 3 nitrogen and oxygen atoms in total. The quantitative estimate of drug-likeness (QED) is 0.923. The summed E-state index contributed by atoms with van der Waals surface area (Å²) in [5.74, 6) is 0.875. The van der Waals surface area contributed by atoms with Crippen LogP contribution >= 0.6 is 15.9 Å². The summed E-state index contributed by atoms with van der Waals surface area (Å²) >= 11 is 3.49. The molecule has 4 heteroatoms. The minimum absolute atomic E-state index is 0.155. The normalized spacial score (nSPS) is 20.8. The van der Waals surface area contributed by atoms with Crippen molar-refractivity contribution in [3.63, 3.8) is 0 Å². The number of morpholine rings is 1. The number of rotatable bonds is 3. The number of hydrogen-bond acceptors (Lipinski definition) is 3. The minimum Gasteiger partial charge on any atom is -0.490 e. The van der Waals surface area contributed by atoms with Crippen LogP contribution in [0.3, 0.4) is 0 Å². The molecule has 2 rings (SSSR count). The van der Waals surface area contributed by atoms with E-state index < -0.39 is 0 Å². The largest absolute Gasteiger partial charge is 0.490 e. The summed E-state index contributed by atoms with van der Waals surface area (Å²) in [5.41, 5.74) is 1.22. The van der Waals surface area contributed by atoms with Crippen LogP contribution in [-0.4, -0.2) is 32.4 Å². The van der Waals surface area contributed by atoms with Crippen molar-refractivity contribution in [2.75, 3.05) is 26.3 Å². The zero-order chi connectivity index (χ0) is 11.4. The summed E-state index contributed by atoms with van der Waals surface area (Å²) in [5, 5.41) is 3.28. The number of ether oxygens (including phenoxy) is 2. The zero-order valence-electron chi connectivity index (χ0n) is 9.33. The summed E-state index contributed by atoms with van der Waals surface area (Å²) in [6, 6.07) is 6.07. The SMILES string of the molecule is Cc1ccc(OCC2CNCCO2)c(Br)c1. The van der Waals surface area contributed by atoms with Crippen molar-refractivity contribution in [1.82, 2.24) is 5.32 Å². The van der Waals surface area contributed by atoms with Gasteiger partial charge in [-0.15, -0.1) is 0 Å². The van der Waals surface area contributed by atoms with Gasteiger partial charge < -0.3 is 14.8 Å². The van der Waals surface area contributed by atoms with E-state index in [0.29, 0.717) is 6.61 Å². The van der Waals surface area contributed by atoms with E-state index in [9.17, 15) is 0 Å². The molecule has 1 atom stereocenters. The van der Waals surface area contributed by atoms with E-state index in [4.69, 9.17) is 9.47 Å². The van der Waals surface area contributed by atoms with Crippen LogP contribution in [0.15, 0.2) is 22.7 Å². The third-order valence-corrected chi connectivity index (χ3v) is 3.14. The standard InChI is InChI=1S/C12H16BrNO2/c1-9-2-3-12(11(13)6-9)16-8-10-7-14-4-5-15-10/h2-3,6,10,14H,4-5,7-8H2,1H3. The lowest BCUT2D eigenvalue weighted by atomic mass is 10.2. The first kappa shape index (κ1) is 11.9. The fourth-order valence-corrected chi connectivity index (χ4v) is 2.24. The Hall–Kier alpha value is -0.580. The molecule has 1 aromatic carbocycles. The highest BCUT2D eigenvalue weighted by Gasteiger charge is 2.14. The molecule has 1 aromatic rings. The first-order chi connectivity index (χ1) is 7.75. The van der Waals surface area contributed by atoms with Gasteiger partial charge >= 0.3 is 0 Å². The lowest BCUT2D eigenvalue weighted by Crippen LogP contribution is -2.41. The molecule has 0 aliphatic carbocycles. The molecule has 1 aliphatic rings. The lowest BCUT2D eigenvalue weighted by Gasteiger charge is -2.23. The Morgan fingerprint density at radius 3 is 3.12 bits per heavy atom. The maximum Gasteiger partial charge on any atom is 0.133 e. The van der Waals surface area contributed by atoms with Gasteiger partial charge in [0.2, 0.25) is 0 Å². The van der Waals surface area contributed by atoms with Gasteiger partial charge in [-0.05, 0) is 40.5 Å². The molecule has 1 heterocycles. The van der Waals surface area contributed by atoms with Crippen LogP contribution in [0.2, 0.25) is 0 Å². The Balaban J connectivity index is 1.88. The molecule has 1 fully saturated rings. The Morgan fingerprint density at radius 2 is 2.44 bits per heavy atom. The summed E-state index contributed by atoms with van der Waals surface area (Å²) in [7, 11) is 0. The maximum atomic E-state index is 5.72. The van der Waals surface area contributed by atoms with Gasteiger partial charge in [-0.3, -0.25) is 0 Å². The van der Waals surface area contributed by atoms with Gasteiger partial charge in [-0.25, -0.2) is 0 Å². The van der Waals surface area contributed by atoms with E-state index in [-0.39, 0.29) is 6.10 Å². The topological polar surface area (TPSA) is 30.5 Å². The Kier molecular flexibility index (Phi) is 4.21. The molecule has 0 spiro atoms. The fraction of sp³-hybridized carbons (Fsp3) is 0.500. The predicted octanol–water partition coefficient (Wildman–Crippen LogP) is 2.12. The first-order valence-electron chi connectivity index (χ1n) is 5.47. The second kappa shape index (κ2) is 5.66. The van der Waals surface area contributed by atoms with Crippen LogP contribution in [-0.2, 0) is 4.74 Å². The Bertz CT molecular complexity index is 351. The highest BCUT2D eigenvalue weighted by atomic mass is 79.9. The van der Waals surface area contributed by atoms with Crippen molar-refractivity contribution in [3.8, 4) is 5.75 Å². The maximum absolute atomic E-state index is 5.72. The van der Waals surface area contributed by atoms with Crippen molar-refractivity contribution in [2.24, 2.45) is 0 Å². The molecule has 16 heavy (non-hydrogen) atoms. The monoisotopic (exact) mass is 285 g/mol. The summed E-state index contributed by atoms with van der Waals surface area (Å²) in [6.45, 7) is 5.22. The molecular weight excluding hydrogens is 270 g/mol. The summed E-state index contributed by atoms with van der Waals surface area (Å²) < 4.78 is 12.3. The second-order valence-corrected chi connectivity index (χ2v) is 4.80. The van der Waals surface area contributed by atoms with Crippen LogP contribution in [0.4, 0.5) is 0 Å². The van der Waals surface area contributed by atoms with E-state index in [1.807, 2.05) is 12.1 Å². The summed E-state index contributed by atoms with van der Waals surface area (Å²) in [4.78, 5) is 0. The van der Waals surface area contributed by atoms with E-state index >= 15 is 0 Å². The zero-order valence-corrected chi connectivity index (χ0v) is 10.9. The molecule has 1 N–H and O–H groups in total. The van der Waals surface area contributed by atoms with Gasteiger partial charge in [0.05, 0.1) is 11.1 Å². The second-order valence-electron chi connectivity index (χ2n) is 3.94. The number of halogens is 1. The molecular formula is C12H16BrNO2. The molecule has 1 saturated heterocycles. The molecule has 1 aliphatic heterocycles. The molecule has 88 valence electrons. The van der Waals surface area contributed by atoms with E-state index in [1.165, 1.54) is 5.56 Å². The van der Waals surface area contributed by atoms with E-state index in [0.717, 1.165) is 29.9 Å². The number of nitrogens with one attached hydrogen (secondary N) is 1. The molecule has 0 radical (unpaired) electrons. The van der Waals surface area contributed by atoms with E-state index in [1.54, 1.807) is 0 Å². The average molecular weight is 286 g/mol. The first-order valence-corrected chi connectivity index (χ1v) is 6.26. The van der Waals surface area contributed by atoms with Gasteiger partial charge in [0.1, 0.15) is 18.5 Å². The van der Waals surface area contributed by atoms with Crippen LogP contribution in [0.1, 0.15) is 5.56 Å². The molecule has 1 unspecified atom stereocenters. The predicted molar refractivity (Wildman–Crippen MR) is 67.0 cm³/mol. The Labute approximate surface area is 104 Å². The summed E-state index contributed by atoms with van der Waals surface area (Å²) in [6.07, 6.45) is 0.155. The van der Waals surface area contributed by atoms with Crippen LogP contribution in [0.25, 0.3) is 0 Å². The lowest BCUT2D eigenvalue weighted by molar-refractivity contribution is 0.0000416. The average Bonchev–Trinajstić information content (AvgIpc) is 2.29. The molecule has 0 amide bonds. The minimum atomic E-state index is 0.155. The van der Waals surface area contributed by atoms with Crippen molar-refractivity contribution < 1.29 is 9.47 Å². The highest BCUT2D eigenvalue weighted by molar-refractivity contribution is 9.10.